The normalized spacial score (nSPS) is 10.2. The predicted octanol–water partition coefficient (Wildman–Crippen LogP) is 3.59. The van der Waals surface area contributed by atoms with E-state index < -0.39 is 0 Å². The van der Waals surface area contributed by atoms with Crippen LogP contribution < -0.4 is 15.4 Å². The van der Waals surface area contributed by atoms with Gasteiger partial charge in [-0.2, -0.15) is 0 Å². The molecule has 2 N–H and O–H groups in total. The monoisotopic (exact) mass is 336 g/mol. The molecule has 2 aromatic carbocycles. The van der Waals surface area contributed by atoms with Crippen molar-refractivity contribution in [1.82, 2.24) is 5.32 Å². The van der Waals surface area contributed by atoms with Crippen molar-refractivity contribution in [1.29, 1.82) is 0 Å². The first-order valence-corrected chi connectivity index (χ1v) is 8.10. The molecule has 0 saturated carbocycles. The van der Waals surface area contributed by atoms with Gasteiger partial charge < -0.3 is 19.8 Å². The van der Waals surface area contributed by atoms with Crippen LogP contribution in [0.1, 0.15) is 11.3 Å². The minimum Gasteiger partial charge on any atom is -0.487 e. The van der Waals surface area contributed by atoms with Gasteiger partial charge in [0.1, 0.15) is 18.1 Å². The number of benzene rings is 2. The molecule has 0 radical (unpaired) electrons. The third-order valence-electron chi connectivity index (χ3n) is 3.60. The van der Waals surface area contributed by atoms with Gasteiger partial charge in [-0.25, -0.2) is 0 Å². The summed E-state index contributed by atoms with van der Waals surface area (Å²) in [6.07, 6.45) is 1.58. The number of rotatable bonds is 8. The lowest BCUT2D eigenvalue weighted by Crippen LogP contribution is -2.29. The van der Waals surface area contributed by atoms with Crippen LogP contribution in [0.5, 0.6) is 5.75 Å². The Morgan fingerprint density at radius 3 is 2.56 bits per heavy atom. The molecule has 5 heteroatoms. The fraction of sp³-hybridized carbons (Fsp3) is 0.150. The van der Waals surface area contributed by atoms with Gasteiger partial charge in [0.25, 0.3) is 0 Å². The van der Waals surface area contributed by atoms with Crippen molar-refractivity contribution < 1.29 is 13.9 Å². The van der Waals surface area contributed by atoms with Crippen LogP contribution in [0.25, 0.3) is 0 Å². The van der Waals surface area contributed by atoms with Gasteiger partial charge in [0.2, 0.25) is 5.91 Å². The summed E-state index contributed by atoms with van der Waals surface area (Å²) in [6.45, 7) is 1.01. The van der Waals surface area contributed by atoms with E-state index in [1.165, 1.54) is 0 Å². The van der Waals surface area contributed by atoms with Crippen LogP contribution >= 0.6 is 0 Å². The van der Waals surface area contributed by atoms with Crippen LogP contribution in [0.3, 0.4) is 0 Å². The summed E-state index contributed by atoms with van der Waals surface area (Å²) < 4.78 is 11.0. The molecule has 3 aromatic rings. The zero-order valence-electron chi connectivity index (χ0n) is 13.8. The number of nitrogens with one attached hydrogen (secondary N) is 2. The second kappa shape index (κ2) is 8.59. The molecule has 0 aliphatic heterocycles. The van der Waals surface area contributed by atoms with Crippen molar-refractivity contribution in [3.05, 3.63) is 84.3 Å². The van der Waals surface area contributed by atoms with E-state index in [2.05, 4.69) is 10.6 Å². The number of carbonyl (C=O) groups is 1. The van der Waals surface area contributed by atoms with Gasteiger partial charge in [-0.3, -0.25) is 4.79 Å². The van der Waals surface area contributed by atoms with E-state index in [-0.39, 0.29) is 12.5 Å². The third-order valence-corrected chi connectivity index (χ3v) is 3.60. The minimum atomic E-state index is -0.116. The maximum absolute atomic E-state index is 11.9. The minimum absolute atomic E-state index is 0.116. The summed E-state index contributed by atoms with van der Waals surface area (Å²) in [7, 11) is 0. The maximum Gasteiger partial charge on any atom is 0.239 e. The summed E-state index contributed by atoms with van der Waals surface area (Å²) in [5, 5.41) is 5.91. The van der Waals surface area contributed by atoms with E-state index >= 15 is 0 Å². The summed E-state index contributed by atoms with van der Waals surface area (Å²) in [6, 6.07) is 21.1. The van der Waals surface area contributed by atoms with Gasteiger partial charge >= 0.3 is 0 Å². The Labute approximate surface area is 146 Å². The molecule has 0 saturated heterocycles. The van der Waals surface area contributed by atoms with Crippen LogP contribution in [-0.2, 0) is 17.9 Å². The van der Waals surface area contributed by atoms with E-state index in [1.807, 2.05) is 60.7 Å². The Bertz CT molecular complexity index is 786. The Morgan fingerprint density at radius 1 is 0.960 bits per heavy atom. The van der Waals surface area contributed by atoms with Gasteiger partial charge in [-0.15, -0.1) is 0 Å². The second-order valence-electron chi connectivity index (χ2n) is 5.48. The lowest BCUT2D eigenvalue weighted by Gasteiger charge is -2.13. The van der Waals surface area contributed by atoms with Crippen molar-refractivity contribution in [2.45, 2.75) is 13.2 Å². The Balaban J connectivity index is 1.51. The van der Waals surface area contributed by atoms with Crippen molar-refractivity contribution in [3.8, 4) is 5.75 Å². The van der Waals surface area contributed by atoms with Crippen molar-refractivity contribution in [2.24, 2.45) is 0 Å². The lowest BCUT2D eigenvalue weighted by atomic mass is 10.2. The lowest BCUT2D eigenvalue weighted by molar-refractivity contribution is -0.119. The predicted molar refractivity (Wildman–Crippen MR) is 96.3 cm³/mol. The molecule has 0 aliphatic rings. The molecule has 1 aromatic heterocycles. The van der Waals surface area contributed by atoms with Gasteiger partial charge in [0.05, 0.1) is 25.0 Å². The molecule has 128 valence electrons. The summed E-state index contributed by atoms with van der Waals surface area (Å²) in [5.41, 5.74) is 1.88. The highest BCUT2D eigenvalue weighted by molar-refractivity contribution is 5.81. The summed E-state index contributed by atoms with van der Waals surface area (Å²) in [5.74, 6) is 1.32. The molecule has 0 spiro atoms. The first-order valence-electron chi connectivity index (χ1n) is 8.10. The van der Waals surface area contributed by atoms with E-state index in [0.717, 1.165) is 17.0 Å². The quantitative estimate of drug-likeness (QED) is 0.660. The largest absolute Gasteiger partial charge is 0.487 e. The molecule has 0 fully saturated rings. The van der Waals surface area contributed by atoms with Gasteiger partial charge in [0.15, 0.2) is 0 Å². The average molecular weight is 336 g/mol. The molecule has 1 heterocycles. The first kappa shape index (κ1) is 16.6. The number of carbonyl (C=O) groups excluding carboxylic acids is 1. The van der Waals surface area contributed by atoms with Crippen LogP contribution in [-0.4, -0.2) is 12.5 Å². The Morgan fingerprint density at radius 2 is 1.76 bits per heavy atom. The molecular formula is C20H20N2O3. The Kier molecular flexibility index (Phi) is 5.72. The summed E-state index contributed by atoms with van der Waals surface area (Å²) >= 11 is 0. The highest BCUT2D eigenvalue weighted by Gasteiger charge is 2.06. The first-order chi connectivity index (χ1) is 12.3. The van der Waals surface area contributed by atoms with Crippen LogP contribution in [0.4, 0.5) is 5.69 Å². The Hall–Kier alpha value is -3.21. The molecule has 0 bridgehead atoms. The number of anilines is 1. The van der Waals surface area contributed by atoms with Gasteiger partial charge in [-0.1, -0.05) is 42.5 Å². The van der Waals surface area contributed by atoms with Gasteiger partial charge in [-0.05, 0) is 29.8 Å². The number of amides is 1. The molecule has 0 unspecified atom stereocenters. The molecule has 0 aliphatic carbocycles. The number of furan rings is 1. The second-order valence-corrected chi connectivity index (χ2v) is 5.48. The molecular weight excluding hydrogens is 316 g/mol. The zero-order chi connectivity index (χ0) is 17.3. The third kappa shape index (κ3) is 5.14. The van der Waals surface area contributed by atoms with E-state index in [0.29, 0.717) is 18.9 Å². The molecule has 1 amide bonds. The highest BCUT2D eigenvalue weighted by Crippen LogP contribution is 2.24. The van der Waals surface area contributed by atoms with Crippen molar-refractivity contribution in [3.63, 3.8) is 0 Å². The van der Waals surface area contributed by atoms with Crippen LogP contribution in [0, 0.1) is 0 Å². The summed E-state index contributed by atoms with van der Waals surface area (Å²) in [4.78, 5) is 11.9. The molecule has 0 atom stereocenters. The fourth-order valence-corrected chi connectivity index (χ4v) is 2.31. The molecule has 5 nitrogen and oxygen atoms in total. The average Bonchev–Trinajstić information content (AvgIpc) is 3.18. The molecule has 25 heavy (non-hydrogen) atoms. The van der Waals surface area contributed by atoms with Crippen LogP contribution in [0.2, 0.25) is 0 Å². The van der Waals surface area contributed by atoms with Gasteiger partial charge in [0, 0.05) is 0 Å². The number of ether oxygens (including phenoxy) is 1. The number of hydrogen-bond acceptors (Lipinski definition) is 4. The molecule has 3 rings (SSSR count). The smallest absolute Gasteiger partial charge is 0.239 e. The van der Waals surface area contributed by atoms with E-state index in [9.17, 15) is 4.79 Å². The van der Waals surface area contributed by atoms with E-state index in [1.54, 1.807) is 12.3 Å². The standard InChI is InChI=1S/C20H20N2O3/c23-20(22-13-17-9-6-12-24-17)14-21-18-10-4-5-11-19(18)25-15-16-7-2-1-3-8-16/h1-12,21H,13-15H2,(H,22,23). The fourth-order valence-electron chi connectivity index (χ4n) is 2.31. The van der Waals surface area contributed by atoms with Crippen LogP contribution in [0.15, 0.2) is 77.4 Å². The highest BCUT2D eigenvalue weighted by atomic mass is 16.5. The number of para-hydroxylation sites is 2. The SMILES string of the molecule is O=C(CNc1ccccc1OCc1ccccc1)NCc1ccco1. The van der Waals surface area contributed by atoms with Crippen molar-refractivity contribution in [2.75, 3.05) is 11.9 Å². The van der Waals surface area contributed by atoms with Crippen molar-refractivity contribution >= 4 is 11.6 Å². The van der Waals surface area contributed by atoms with E-state index in [4.69, 9.17) is 9.15 Å². The number of hydrogen-bond donors (Lipinski definition) is 2. The zero-order valence-corrected chi connectivity index (χ0v) is 13.8. The maximum atomic E-state index is 11.9. The topological polar surface area (TPSA) is 63.5 Å².